The summed E-state index contributed by atoms with van der Waals surface area (Å²) in [6.45, 7) is 4.49. The molecular formula is C13H28N2O2S. The lowest BCUT2D eigenvalue weighted by atomic mass is 9.99. The highest BCUT2D eigenvalue weighted by molar-refractivity contribution is 7.89. The second-order valence-electron chi connectivity index (χ2n) is 5.47. The van der Waals surface area contributed by atoms with E-state index in [-0.39, 0.29) is 17.7 Å². The van der Waals surface area contributed by atoms with Crippen molar-refractivity contribution in [3.8, 4) is 0 Å². The van der Waals surface area contributed by atoms with Crippen LogP contribution in [0.5, 0.6) is 0 Å². The van der Waals surface area contributed by atoms with E-state index in [1.807, 2.05) is 13.8 Å². The van der Waals surface area contributed by atoms with Crippen molar-refractivity contribution in [1.82, 2.24) is 4.72 Å². The summed E-state index contributed by atoms with van der Waals surface area (Å²) >= 11 is 0. The maximum atomic E-state index is 12.1. The van der Waals surface area contributed by atoms with Crippen LogP contribution in [0.15, 0.2) is 0 Å². The Bertz CT molecular complexity index is 320. The maximum absolute atomic E-state index is 12.1. The highest BCUT2D eigenvalue weighted by Gasteiger charge is 2.28. The van der Waals surface area contributed by atoms with Crippen LogP contribution in [-0.2, 0) is 10.0 Å². The molecule has 0 bridgehead atoms. The molecule has 0 spiro atoms. The first-order valence-corrected chi connectivity index (χ1v) is 8.87. The van der Waals surface area contributed by atoms with E-state index in [4.69, 9.17) is 5.73 Å². The quantitative estimate of drug-likeness (QED) is 0.711. The van der Waals surface area contributed by atoms with Gasteiger partial charge in [0, 0.05) is 12.6 Å². The second-order valence-corrected chi connectivity index (χ2v) is 7.27. The number of nitrogens with one attached hydrogen (secondary N) is 1. The predicted octanol–water partition coefficient (Wildman–Crippen LogP) is 1.86. The molecule has 0 aromatic heterocycles. The molecule has 3 N–H and O–H groups in total. The van der Waals surface area contributed by atoms with E-state index < -0.39 is 10.0 Å². The molecule has 0 aromatic carbocycles. The van der Waals surface area contributed by atoms with Crippen molar-refractivity contribution >= 4 is 10.0 Å². The van der Waals surface area contributed by atoms with Crippen LogP contribution in [-0.4, -0.2) is 26.8 Å². The van der Waals surface area contributed by atoms with Gasteiger partial charge in [0.15, 0.2) is 0 Å². The lowest BCUT2D eigenvalue weighted by molar-refractivity contribution is 0.403. The number of rotatable bonds is 8. The van der Waals surface area contributed by atoms with Crippen LogP contribution in [0.4, 0.5) is 0 Å². The van der Waals surface area contributed by atoms with Gasteiger partial charge in [0.25, 0.3) is 0 Å². The average molecular weight is 276 g/mol. The van der Waals surface area contributed by atoms with Crippen molar-refractivity contribution in [1.29, 1.82) is 0 Å². The Balaban J connectivity index is 2.56. The van der Waals surface area contributed by atoms with Gasteiger partial charge in [0.2, 0.25) is 10.0 Å². The molecule has 1 saturated carbocycles. The number of hydrogen-bond acceptors (Lipinski definition) is 3. The highest BCUT2D eigenvalue weighted by Crippen LogP contribution is 2.27. The number of nitrogens with two attached hydrogens (primary N) is 1. The molecule has 0 heterocycles. The SMILES string of the molecule is CCC(CC)CS(=O)(=O)NC(CN)C1CCCC1. The van der Waals surface area contributed by atoms with Gasteiger partial charge in [-0.2, -0.15) is 0 Å². The molecule has 1 atom stereocenters. The maximum Gasteiger partial charge on any atom is 0.212 e. The van der Waals surface area contributed by atoms with E-state index in [1.165, 1.54) is 12.8 Å². The van der Waals surface area contributed by atoms with Crippen LogP contribution in [0.3, 0.4) is 0 Å². The van der Waals surface area contributed by atoms with Crippen molar-refractivity contribution in [2.75, 3.05) is 12.3 Å². The minimum absolute atomic E-state index is 0.0631. The van der Waals surface area contributed by atoms with Gasteiger partial charge in [-0.25, -0.2) is 13.1 Å². The van der Waals surface area contributed by atoms with Gasteiger partial charge in [-0.1, -0.05) is 39.5 Å². The van der Waals surface area contributed by atoms with Gasteiger partial charge >= 0.3 is 0 Å². The van der Waals surface area contributed by atoms with Crippen molar-refractivity contribution in [2.45, 2.75) is 58.4 Å². The lowest BCUT2D eigenvalue weighted by Crippen LogP contribution is -2.46. The van der Waals surface area contributed by atoms with Crippen LogP contribution in [0, 0.1) is 11.8 Å². The summed E-state index contributed by atoms with van der Waals surface area (Å²) in [7, 11) is -3.18. The van der Waals surface area contributed by atoms with Crippen LogP contribution >= 0.6 is 0 Å². The molecule has 0 radical (unpaired) electrons. The standard InChI is InChI=1S/C13H28N2O2S/c1-3-11(4-2)10-18(16,17)15-13(9-14)12-7-5-6-8-12/h11-13,15H,3-10,14H2,1-2H3. The Morgan fingerprint density at radius 2 is 1.78 bits per heavy atom. The molecule has 1 fully saturated rings. The van der Waals surface area contributed by atoms with E-state index in [0.29, 0.717) is 12.5 Å². The monoisotopic (exact) mass is 276 g/mol. The third-order valence-corrected chi connectivity index (χ3v) is 5.74. The molecule has 0 amide bonds. The molecule has 1 aliphatic carbocycles. The zero-order chi connectivity index (χ0) is 13.6. The Morgan fingerprint density at radius 3 is 2.22 bits per heavy atom. The van der Waals surface area contributed by atoms with E-state index in [1.54, 1.807) is 0 Å². The molecule has 4 nitrogen and oxygen atoms in total. The molecule has 1 rings (SSSR count). The summed E-state index contributed by atoms with van der Waals surface area (Å²) in [4.78, 5) is 0. The van der Waals surface area contributed by atoms with Crippen LogP contribution in [0.25, 0.3) is 0 Å². The first kappa shape index (κ1) is 15.9. The molecule has 1 unspecified atom stereocenters. The zero-order valence-electron chi connectivity index (χ0n) is 11.7. The fourth-order valence-corrected chi connectivity index (χ4v) is 4.75. The summed E-state index contributed by atoms with van der Waals surface area (Å²) in [6, 6.07) is -0.0631. The fourth-order valence-electron chi connectivity index (χ4n) is 2.81. The van der Waals surface area contributed by atoms with E-state index >= 15 is 0 Å². The normalized spacial score (nSPS) is 19.6. The second kappa shape index (κ2) is 7.46. The van der Waals surface area contributed by atoms with Gasteiger partial charge in [-0.15, -0.1) is 0 Å². The van der Waals surface area contributed by atoms with Crippen molar-refractivity contribution in [3.63, 3.8) is 0 Å². The highest BCUT2D eigenvalue weighted by atomic mass is 32.2. The van der Waals surface area contributed by atoms with Crippen molar-refractivity contribution in [2.24, 2.45) is 17.6 Å². The fraction of sp³-hybridized carbons (Fsp3) is 1.00. The molecular weight excluding hydrogens is 248 g/mol. The van der Waals surface area contributed by atoms with Gasteiger partial charge in [0.05, 0.1) is 5.75 Å². The predicted molar refractivity (Wildman–Crippen MR) is 75.8 cm³/mol. The molecule has 0 aromatic rings. The minimum atomic E-state index is -3.18. The molecule has 1 aliphatic rings. The average Bonchev–Trinajstić information content (AvgIpc) is 2.86. The van der Waals surface area contributed by atoms with E-state index in [9.17, 15) is 8.42 Å². The Labute approximate surface area is 112 Å². The Hall–Kier alpha value is -0.130. The summed E-state index contributed by atoms with van der Waals surface area (Å²) in [5.74, 6) is 0.930. The summed E-state index contributed by atoms with van der Waals surface area (Å²) in [5, 5.41) is 0. The first-order chi connectivity index (χ1) is 8.52. The van der Waals surface area contributed by atoms with Gasteiger partial charge < -0.3 is 5.73 Å². The third-order valence-electron chi connectivity index (χ3n) is 4.16. The lowest BCUT2D eigenvalue weighted by Gasteiger charge is -2.24. The third kappa shape index (κ3) is 4.86. The van der Waals surface area contributed by atoms with Gasteiger partial charge in [-0.05, 0) is 24.7 Å². The van der Waals surface area contributed by atoms with E-state index in [0.717, 1.165) is 25.7 Å². The molecule has 5 heteroatoms. The first-order valence-electron chi connectivity index (χ1n) is 7.22. The van der Waals surface area contributed by atoms with Crippen LogP contribution < -0.4 is 10.5 Å². The summed E-state index contributed by atoms with van der Waals surface area (Å²) in [5.41, 5.74) is 5.73. The summed E-state index contributed by atoms with van der Waals surface area (Å²) < 4.78 is 27.1. The molecule has 0 saturated heterocycles. The van der Waals surface area contributed by atoms with Gasteiger partial charge in [-0.3, -0.25) is 0 Å². The van der Waals surface area contributed by atoms with Crippen molar-refractivity contribution in [3.05, 3.63) is 0 Å². The Morgan fingerprint density at radius 1 is 1.22 bits per heavy atom. The summed E-state index contributed by atoms with van der Waals surface area (Å²) in [6.07, 6.45) is 6.44. The van der Waals surface area contributed by atoms with Gasteiger partial charge in [0.1, 0.15) is 0 Å². The molecule has 18 heavy (non-hydrogen) atoms. The number of sulfonamides is 1. The molecule has 108 valence electrons. The van der Waals surface area contributed by atoms with Crippen LogP contribution in [0.2, 0.25) is 0 Å². The van der Waals surface area contributed by atoms with Crippen LogP contribution in [0.1, 0.15) is 52.4 Å². The smallest absolute Gasteiger partial charge is 0.212 e. The topological polar surface area (TPSA) is 72.2 Å². The zero-order valence-corrected chi connectivity index (χ0v) is 12.5. The van der Waals surface area contributed by atoms with Crippen molar-refractivity contribution < 1.29 is 8.42 Å². The minimum Gasteiger partial charge on any atom is -0.329 e. The molecule has 0 aliphatic heterocycles. The Kier molecular flexibility index (Phi) is 6.60. The van der Waals surface area contributed by atoms with E-state index in [2.05, 4.69) is 4.72 Å². The largest absolute Gasteiger partial charge is 0.329 e. The number of hydrogen-bond donors (Lipinski definition) is 2.